The molecule has 0 aliphatic heterocycles. The van der Waals surface area contributed by atoms with E-state index in [0.717, 1.165) is 15.2 Å². The Kier molecular flexibility index (Phi) is 3.19. The van der Waals surface area contributed by atoms with E-state index in [1.165, 1.54) is 0 Å². The lowest BCUT2D eigenvalue weighted by Crippen LogP contribution is -1.91. The van der Waals surface area contributed by atoms with Gasteiger partial charge in [-0.15, -0.1) is 4.91 Å². The summed E-state index contributed by atoms with van der Waals surface area (Å²) in [7, 11) is 0. The second-order valence-corrected chi connectivity index (χ2v) is 4.22. The van der Waals surface area contributed by atoms with E-state index in [1.54, 1.807) is 6.07 Å². The molecule has 2 rings (SSSR count). The normalized spacial score (nSPS) is 10.4. The molecule has 2 aromatic carbocycles. The minimum absolute atomic E-state index is 0.362. The molecule has 0 bridgehead atoms. The molecular weight excluding hydrogens is 270 g/mol. The molecule has 0 radical (unpaired) electrons. The van der Waals surface area contributed by atoms with Gasteiger partial charge in [0.15, 0.2) is 5.69 Å². The number of benzene rings is 2. The quantitative estimate of drug-likeness (QED) is 0.781. The molecule has 3 nitrogen and oxygen atoms in total. The van der Waals surface area contributed by atoms with Gasteiger partial charge >= 0.3 is 0 Å². The van der Waals surface area contributed by atoms with Crippen LogP contribution in [0.4, 0.5) is 5.69 Å². The highest BCUT2D eigenvalue weighted by Crippen LogP contribution is 2.36. The molecule has 4 heteroatoms. The number of nitrogens with zero attached hydrogens (tertiary/aromatic N) is 1. The Hall–Kier alpha value is -1.42. The van der Waals surface area contributed by atoms with Crippen molar-refractivity contribution in [1.82, 2.24) is 0 Å². The van der Waals surface area contributed by atoms with E-state index in [9.17, 15) is 4.91 Å². The minimum atomic E-state index is 0.362. The van der Waals surface area contributed by atoms with Crippen molar-refractivity contribution < 1.29 is 4.74 Å². The number of rotatable bonds is 3. The fourth-order valence-corrected chi connectivity index (χ4v) is 1.98. The van der Waals surface area contributed by atoms with Crippen LogP contribution < -0.4 is 4.74 Å². The maximum absolute atomic E-state index is 10.9. The topological polar surface area (TPSA) is 38.7 Å². The Morgan fingerprint density at radius 3 is 2.75 bits per heavy atom. The maximum Gasteiger partial charge on any atom is 0.157 e. The standard InChI is InChI=1S/C12H10BrNO2/c1-2-16-11-6-4-8-3-5-9(13)7-10(8)12(11)14-15/h3-7H,2H2,1H3. The Morgan fingerprint density at radius 2 is 2.06 bits per heavy atom. The molecule has 0 saturated carbocycles. The Labute approximate surface area is 102 Å². The second-order valence-electron chi connectivity index (χ2n) is 3.30. The van der Waals surface area contributed by atoms with Crippen LogP contribution in [0.1, 0.15) is 6.92 Å². The van der Waals surface area contributed by atoms with Gasteiger partial charge in [0.25, 0.3) is 0 Å². The summed E-state index contributed by atoms with van der Waals surface area (Å²) < 4.78 is 6.28. The molecule has 0 atom stereocenters. The van der Waals surface area contributed by atoms with Crippen molar-refractivity contribution in [1.29, 1.82) is 0 Å². The largest absolute Gasteiger partial charge is 0.491 e. The SMILES string of the molecule is CCOc1ccc2ccc(Br)cc2c1N=O. The number of ether oxygens (including phenoxy) is 1. The third-order valence-electron chi connectivity index (χ3n) is 2.31. The summed E-state index contributed by atoms with van der Waals surface area (Å²) in [6.45, 7) is 2.39. The summed E-state index contributed by atoms with van der Waals surface area (Å²) in [4.78, 5) is 10.9. The molecule has 0 aromatic heterocycles. The predicted octanol–water partition coefficient (Wildman–Crippen LogP) is 4.40. The predicted molar refractivity (Wildman–Crippen MR) is 68.3 cm³/mol. The van der Waals surface area contributed by atoms with E-state index in [1.807, 2.05) is 31.2 Å². The number of hydrogen-bond donors (Lipinski definition) is 0. The first-order valence-electron chi connectivity index (χ1n) is 4.94. The third-order valence-corrected chi connectivity index (χ3v) is 2.80. The first-order valence-corrected chi connectivity index (χ1v) is 5.74. The number of fused-ring (bicyclic) bond motifs is 1. The van der Waals surface area contributed by atoms with E-state index in [4.69, 9.17) is 4.74 Å². The fourth-order valence-electron chi connectivity index (χ4n) is 1.62. The van der Waals surface area contributed by atoms with E-state index >= 15 is 0 Å². The number of hydrogen-bond acceptors (Lipinski definition) is 3. The smallest absolute Gasteiger partial charge is 0.157 e. The molecule has 0 fully saturated rings. The van der Waals surface area contributed by atoms with Crippen LogP contribution in [0, 0.1) is 4.91 Å². The van der Waals surface area contributed by atoms with Crippen molar-refractivity contribution >= 4 is 32.4 Å². The molecule has 0 amide bonds. The highest BCUT2D eigenvalue weighted by Gasteiger charge is 2.09. The highest BCUT2D eigenvalue weighted by molar-refractivity contribution is 9.10. The summed E-state index contributed by atoms with van der Waals surface area (Å²) in [5, 5.41) is 4.84. The zero-order valence-electron chi connectivity index (χ0n) is 8.74. The van der Waals surface area contributed by atoms with Gasteiger partial charge < -0.3 is 4.74 Å². The summed E-state index contributed by atoms with van der Waals surface area (Å²) >= 11 is 3.37. The van der Waals surface area contributed by atoms with E-state index < -0.39 is 0 Å². The lowest BCUT2D eigenvalue weighted by molar-refractivity contribution is 0.342. The average Bonchev–Trinajstić information content (AvgIpc) is 2.29. The van der Waals surface area contributed by atoms with Crippen molar-refractivity contribution in [3.8, 4) is 5.75 Å². The lowest BCUT2D eigenvalue weighted by atomic mass is 10.1. The fraction of sp³-hybridized carbons (Fsp3) is 0.167. The summed E-state index contributed by atoms with van der Waals surface area (Å²) in [5.74, 6) is 0.531. The van der Waals surface area contributed by atoms with Crippen LogP contribution in [0.15, 0.2) is 40.0 Å². The minimum Gasteiger partial charge on any atom is -0.491 e. The molecule has 0 unspecified atom stereocenters. The van der Waals surface area contributed by atoms with E-state index in [0.29, 0.717) is 18.0 Å². The summed E-state index contributed by atoms with van der Waals surface area (Å²) in [6.07, 6.45) is 0. The summed E-state index contributed by atoms with van der Waals surface area (Å²) in [6, 6.07) is 9.42. The van der Waals surface area contributed by atoms with Gasteiger partial charge in [-0.05, 0) is 35.7 Å². The Morgan fingerprint density at radius 1 is 1.31 bits per heavy atom. The molecule has 0 spiro atoms. The Balaban J connectivity index is 2.72. The van der Waals surface area contributed by atoms with Crippen LogP contribution >= 0.6 is 15.9 Å². The molecular formula is C12H10BrNO2. The molecule has 16 heavy (non-hydrogen) atoms. The van der Waals surface area contributed by atoms with E-state index in [-0.39, 0.29) is 0 Å². The van der Waals surface area contributed by atoms with Crippen molar-refractivity contribution in [3.63, 3.8) is 0 Å². The van der Waals surface area contributed by atoms with Crippen molar-refractivity contribution in [2.45, 2.75) is 6.92 Å². The molecule has 0 aliphatic carbocycles. The first kappa shape index (κ1) is 11.1. The molecule has 82 valence electrons. The number of nitroso groups, excluding NO2 is 1. The van der Waals surface area contributed by atoms with Gasteiger partial charge in [0, 0.05) is 9.86 Å². The summed E-state index contributed by atoms with van der Waals surface area (Å²) in [5.41, 5.74) is 0.362. The van der Waals surface area contributed by atoms with Crippen molar-refractivity contribution in [2.24, 2.45) is 5.18 Å². The average molecular weight is 280 g/mol. The molecule has 0 heterocycles. The highest BCUT2D eigenvalue weighted by atomic mass is 79.9. The van der Waals surface area contributed by atoms with Crippen LogP contribution in [-0.2, 0) is 0 Å². The first-order chi connectivity index (χ1) is 7.76. The van der Waals surface area contributed by atoms with Crippen molar-refractivity contribution in [2.75, 3.05) is 6.61 Å². The molecule has 2 aromatic rings. The van der Waals surface area contributed by atoms with Crippen LogP contribution in [0.25, 0.3) is 10.8 Å². The molecule has 0 N–H and O–H groups in total. The van der Waals surface area contributed by atoms with Gasteiger partial charge in [0.05, 0.1) is 6.61 Å². The number of halogens is 1. The van der Waals surface area contributed by atoms with Crippen LogP contribution in [0.3, 0.4) is 0 Å². The van der Waals surface area contributed by atoms with Gasteiger partial charge in [-0.25, -0.2) is 0 Å². The van der Waals surface area contributed by atoms with Gasteiger partial charge in [-0.2, -0.15) is 0 Å². The van der Waals surface area contributed by atoms with Gasteiger partial charge in [0.1, 0.15) is 5.75 Å². The van der Waals surface area contributed by atoms with E-state index in [2.05, 4.69) is 21.1 Å². The van der Waals surface area contributed by atoms with Gasteiger partial charge in [0.2, 0.25) is 0 Å². The van der Waals surface area contributed by atoms with Crippen LogP contribution in [0.2, 0.25) is 0 Å². The van der Waals surface area contributed by atoms with Crippen molar-refractivity contribution in [3.05, 3.63) is 39.7 Å². The lowest BCUT2D eigenvalue weighted by Gasteiger charge is -2.07. The molecule has 0 saturated heterocycles. The van der Waals surface area contributed by atoms with Gasteiger partial charge in [-0.3, -0.25) is 0 Å². The Bertz CT molecular complexity index is 540. The van der Waals surface area contributed by atoms with Crippen LogP contribution in [-0.4, -0.2) is 6.61 Å². The maximum atomic E-state index is 10.9. The molecule has 0 aliphatic rings. The monoisotopic (exact) mass is 279 g/mol. The van der Waals surface area contributed by atoms with Gasteiger partial charge in [-0.1, -0.05) is 28.1 Å². The zero-order valence-corrected chi connectivity index (χ0v) is 10.3. The van der Waals surface area contributed by atoms with Crippen LogP contribution in [0.5, 0.6) is 5.75 Å². The second kappa shape index (κ2) is 4.61. The third kappa shape index (κ3) is 1.93. The zero-order chi connectivity index (χ0) is 11.5.